The van der Waals surface area contributed by atoms with Gasteiger partial charge in [0.15, 0.2) is 0 Å². The Balaban J connectivity index is 1.88. The molecule has 1 N–H and O–H groups in total. The molecular weight excluding hydrogens is 246 g/mol. The van der Waals surface area contributed by atoms with E-state index in [1.807, 2.05) is 4.90 Å². The summed E-state index contributed by atoms with van der Waals surface area (Å²) in [5.74, 6) is -0.826. The van der Waals surface area contributed by atoms with Gasteiger partial charge in [-0.3, -0.25) is 14.3 Å². The van der Waals surface area contributed by atoms with Crippen molar-refractivity contribution in [3.63, 3.8) is 0 Å². The Morgan fingerprint density at radius 3 is 2.68 bits per heavy atom. The second kappa shape index (κ2) is 6.36. The first kappa shape index (κ1) is 13.6. The average Bonchev–Trinajstić information content (AvgIpc) is 2.87. The number of carboxylic acid groups (broad SMARTS) is 1. The minimum absolute atomic E-state index is 0.0170. The van der Waals surface area contributed by atoms with Crippen molar-refractivity contribution in [2.24, 2.45) is 0 Å². The van der Waals surface area contributed by atoms with Crippen LogP contribution in [-0.4, -0.2) is 44.8 Å². The van der Waals surface area contributed by atoms with Gasteiger partial charge in [-0.05, 0) is 31.7 Å². The van der Waals surface area contributed by atoms with Gasteiger partial charge in [-0.15, -0.1) is 0 Å². The molecule has 0 aliphatic carbocycles. The van der Waals surface area contributed by atoms with E-state index in [1.165, 1.54) is 6.42 Å². The topological polar surface area (TPSA) is 75.4 Å². The van der Waals surface area contributed by atoms with Gasteiger partial charge in [-0.25, -0.2) is 0 Å². The number of aromatic nitrogens is 2. The Kier molecular flexibility index (Phi) is 4.54. The zero-order valence-corrected chi connectivity index (χ0v) is 10.9. The van der Waals surface area contributed by atoms with E-state index in [-0.39, 0.29) is 12.3 Å². The number of hydrogen-bond donors (Lipinski definition) is 1. The predicted octanol–water partition coefficient (Wildman–Crippen LogP) is 1.37. The van der Waals surface area contributed by atoms with Crippen molar-refractivity contribution in [1.29, 1.82) is 0 Å². The molecule has 0 saturated carbocycles. The highest BCUT2D eigenvalue weighted by Crippen LogP contribution is 2.12. The van der Waals surface area contributed by atoms with E-state index < -0.39 is 5.97 Å². The Morgan fingerprint density at radius 1 is 1.26 bits per heavy atom. The fourth-order valence-corrected chi connectivity index (χ4v) is 2.25. The number of piperidine rings is 1. The first-order chi connectivity index (χ1) is 9.16. The van der Waals surface area contributed by atoms with Crippen LogP contribution in [0.15, 0.2) is 12.3 Å². The summed E-state index contributed by atoms with van der Waals surface area (Å²) in [6, 6.07) is 1.71. The molecular formula is C13H19N3O3. The lowest BCUT2D eigenvalue weighted by Gasteiger charge is -2.25. The largest absolute Gasteiger partial charge is 0.481 e. The summed E-state index contributed by atoms with van der Waals surface area (Å²) in [7, 11) is 0. The van der Waals surface area contributed by atoms with Crippen molar-refractivity contribution in [2.75, 3.05) is 13.1 Å². The molecule has 1 aliphatic heterocycles. The number of aryl methyl sites for hydroxylation is 1. The van der Waals surface area contributed by atoms with Crippen molar-refractivity contribution in [3.8, 4) is 0 Å². The Hall–Kier alpha value is -1.85. The molecule has 0 spiro atoms. The summed E-state index contributed by atoms with van der Waals surface area (Å²) in [6.45, 7) is 2.15. The second-order valence-electron chi connectivity index (χ2n) is 4.81. The number of amides is 1. The first-order valence-electron chi connectivity index (χ1n) is 6.71. The zero-order valence-electron chi connectivity index (χ0n) is 10.9. The van der Waals surface area contributed by atoms with Gasteiger partial charge >= 0.3 is 5.97 Å². The van der Waals surface area contributed by atoms with Crippen LogP contribution in [0.1, 0.15) is 42.6 Å². The molecule has 1 fully saturated rings. The van der Waals surface area contributed by atoms with Gasteiger partial charge in [0.1, 0.15) is 5.69 Å². The minimum atomic E-state index is -0.809. The average molecular weight is 265 g/mol. The number of likely N-dealkylation sites (tertiary alicyclic amines) is 1. The summed E-state index contributed by atoms with van der Waals surface area (Å²) in [6.07, 6.45) is 5.69. The minimum Gasteiger partial charge on any atom is -0.481 e. The van der Waals surface area contributed by atoms with Crippen molar-refractivity contribution >= 4 is 11.9 Å². The highest BCUT2D eigenvalue weighted by atomic mass is 16.4. The lowest BCUT2D eigenvalue weighted by atomic mass is 10.1. The molecule has 104 valence electrons. The van der Waals surface area contributed by atoms with Gasteiger partial charge in [-0.2, -0.15) is 5.10 Å². The summed E-state index contributed by atoms with van der Waals surface area (Å²) >= 11 is 0. The molecule has 0 unspecified atom stereocenters. The van der Waals surface area contributed by atoms with Crippen molar-refractivity contribution < 1.29 is 14.7 Å². The number of nitrogens with zero attached hydrogens (tertiary/aromatic N) is 3. The van der Waals surface area contributed by atoms with Gasteiger partial charge in [0.05, 0.1) is 0 Å². The normalized spacial score (nSPS) is 15.5. The van der Waals surface area contributed by atoms with E-state index in [1.54, 1.807) is 16.9 Å². The molecule has 1 aliphatic rings. The molecule has 1 saturated heterocycles. The number of rotatable bonds is 5. The van der Waals surface area contributed by atoms with Crippen LogP contribution in [0.3, 0.4) is 0 Å². The van der Waals surface area contributed by atoms with Crippen molar-refractivity contribution in [3.05, 3.63) is 18.0 Å². The van der Waals surface area contributed by atoms with Gasteiger partial charge in [0.2, 0.25) is 0 Å². The molecule has 0 aromatic carbocycles. The number of carbonyl (C=O) groups is 2. The first-order valence-corrected chi connectivity index (χ1v) is 6.71. The maximum atomic E-state index is 12.2. The Morgan fingerprint density at radius 2 is 2.00 bits per heavy atom. The third-order valence-electron chi connectivity index (χ3n) is 3.28. The van der Waals surface area contributed by atoms with E-state index in [0.29, 0.717) is 18.7 Å². The summed E-state index contributed by atoms with van der Waals surface area (Å²) in [5.41, 5.74) is 0.456. The molecule has 6 heteroatoms. The molecule has 19 heavy (non-hydrogen) atoms. The maximum absolute atomic E-state index is 12.2. The molecule has 2 heterocycles. The maximum Gasteiger partial charge on any atom is 0.303 e. The van der Waals surface area contributed by atoms with E-state index in [0.717, 1.165) is 25.9 Å². The van der Waals surface area contributed by atoms with Crippen molar-refractivity contribution in [2.45, 2.75) is 38.6 Å². The Bertz CT molecular complexity index is 450. The van der Waals surface area contributed by atoms with Crippen LogP contribution < -0.4 is 0 Å². The number of carboxylic acids is 1. The summed E-state index contributed by atoms with van der Waals surface area (Å²) < 4.78 is 1.64. The number of aliphatic carboxylic acids is 1. The molecule has 2 rings (SSSR count). The van der Waals surface area contributed by atoms with E-state index in [2.05, 4.69) is 5.10 Å². The lowest BCUT2D eigenvalue weighted by molar-refractivity contribution is -0.137. The van der Waals surface area contributed by atoms with Crippen LogP contribution in [0, 0.1) is 0 Å². The van der Waals surface area contributed by atoms with Crippen LogP contribution in [-0.2, 0) is 11.3 Å². The predicted molar refractivity (Wildman–Crippen MR) is 68.9 cm³/mol. The van der Waals surface area contributed by atoms with Crippen LogP contribution in [0.4, 0.5) is 0 Å². The molecule has 6 nitrogen and oxygen atoms in total. The van der Waals surface area contributed by atoms with Gasteiger partial charge < -0.3 is 10.0 Å². The smallest absolute Gasteiger partial charge is 0.303 e. The van der Waals surface area contributed by atoms with Crippen LogP contribution >= 0.6 is 0 Å². The molecule has 0 radical (unpaired) electrons. The molecule has 0 bridgehead atoms. The van der Waals surface area contributed by atoms with Gasteiger partial charge in [0, 0.05) is 32.3 Å². The van der Waals surface area contributed by atoms with Gasteiger partial charge in [0.25, 0.3) is 5.91 Å². The Labute approximate surface area is 112 Å². The van der Waals surface area contributed by atoms with Crippen LogP contribution in [0.5, 0.6) is 0 Å². The van der Waals surface area contributed by atoms with E-state index in [9.17, 15) is 9.59 Å². The molecule has 1 aromatic heterocycles. The molecule has 1 aromatic rings. The standard InChI is InChI=1S/C13H19N3O3/c17-12(18)5-4-9-16-10-6-11(14-16)13(19)15-7-2-1-3-8-15/h6,10H,1-5,7-9H2,(H,17,18). The van der Waals surface area contributed by atoms with Crippen LogP contribution in [0.25, 0.3) is 0 Å². The lowest BCUT2D eigenvalue weighted by Crippen LogP contribution is -2.35. The monoisotopic (exact) mass is 265 g/mol. The second-order valence-corrected chi connectivity index (χ2v) is 4.81. The fraction of sp³-hybridized carbons (Fsp3) is 0.615. The summed E-state index contributed by atoms with van der Waals surface area (Å²) in [5, 5.41) is 12.8. The van der Waals surface area contributed by atoms with E-state index in [4.69, 9.17) is 5.11 Å². The fourth-order valence-electron chi connectivity index (χ4n) is 2.25. The van der Waals surface area contributed by atoms with E-state index >= 15 is 0 Å². The third kappa shape index (κ3) is 3.81. The number of carbonyl (C=O) groups excluding carboxylic acids is 1. The highest BCUT2D eigenvalue weighted by Gasteiger charge is 2.19. The SMILES string of the molecule is O=C(O)CCCn1ccc(C(=O)N2CCCCC2)n1. The quantitative estimate of drug-likeness (QED) is 0.872. The number of hydrogen-bond acceptors (Lipinski definition) is 3. The van der Waals surface area contributed by atoms with Crippen molar-refractivity contribution in [1.82, 2.24) is 14.7 Å². The zero-order chi connectivity index (χ0) is 13.7. The highest BCUT2D eigenvalue weighted by molar-refractivity contribution is 5.92. The van der Waals surface area contributed by atoms with Gasteiger partial charge in [-0.1, -0.05) is 0 Å². The van der Waals surface area contributed by atoms with Crippen LogP contribution in [0.2, 0.25) is 0 Å². The third-order valence-corrected chi connectivity index (χ3v) is 3.28. The molecule has 0 atom stereocenters. The molecule has 1 amide bonds. The summed E-state index contributed by atoms with van der Waals surface area (Å²) in [4.78, 5) is 24.4.